The van der Waals surface area contributed by atoms with Crippen molar-refractivity contribution in [3.05, 3.63) is 53.9 Å². The minimum Gasteiger partial charge on any atom is -0.462 e. The number of nitrogens with zero attached hydrogens (tertiary/aromatic N) is 4. The number of piperazine rings is 1. The lowest BCUT2D eigenvalue weighted by molar-refractivity contribution is 0.0525. The van der Waals surface area contributed by atoms with Gasteiger partial charge in [-0.15, -0.1) is 0 Å². The predicted octanol–water partition coefficient (Wildman–Crippen LogP) is 1.98. The predicted molar refractivity (Wildman–Crippen MR) is 91.9 cm³/mol. The summed E-state index contributed by atoms with van der Waals surface area (Å²) in [5, 5.41) is 0. The second-order valence-corrected chi connectivity index (χ2v) is 5.74. The third-order valence-corrected chi connectivity index (χ3v) is 4.05. The Morgan fingerprint density at radius 3 is 2.38 bits per heavy atom. The van der Waals surface area contributed by atoms with Crippen molar-refractivity contribution < 1.29 is 9.53 Å². The summed E-state index contributed by atoms with van der Waals surface area (Å²) in [6, 6.07) is 10.5. The van der Waals surface area contributed by atoms with E-state index in [9.17, 15) is 4.79 Å². The van der Waals surface area contributed by atoms with E-state index in [4.69, 9.17) is 4.74 Å². The second kappa shape index (κ2) is 7.88. The maximum absolute atomic E-state index is 11.6. The zero-order valence-corrected chi connectivity index (χ0v) is 13.9. The van der Waals surface area contributed by atoms with E-state index in [1.807, 2.05) is 6.07 Å². The SMILES string of the molecule is CCOC(=O)c1cnc(N2CCN(Cc3ccccc3)CC2)nc1. The fourth-order valence-corrected chi connectivity index (χ4v) is 2.75. The Balaban J connectivity index is 1.54. The molecule has 0 N–H and O–H groups in total. The Labute approximate surface area is 142 Å². The maximum Gasteiger partial charge on any atom is 0.341 e. The molecule has 0 bridgehead atoms. The average molecular weight is 326 g/mol. The normalized spacial score (nSPS) is 15.3. The lowest BCUT2D eigenvalue weighted by Gasteiger charge is -2.34. The second-order valence-electron chi connectivity index (χ2n) is 5.74. The van der Waals surface area contributed by atoms with Crippen LogP contribution in [0.15, 0.2) is 42.7 Å². The number of anilines is 1. The number of ether oxygens (including phenoxy) is 1. The van der Waals surface area contributed by atoms with Gasteiger partial charge in [0.1, 0.15) is 0 Å². The molecule has 126 valence electrons. The lowest BCUT2D eigenvalue weighted by Crippen LogP contribution is -2.46. The summed E-state index contributed by atoms with van der Waals surface area (Å²) in [4.78, 5) is 24.8. The van der Waals surface area contributed by atoms with Crippen LogP contribution in [-0.4, -0.2) is 53.6 Å². The molecule has 1 aliphatic heterocycles. The zero-order chi connectivity index (χ0) is 16.8. The molecule has 6 nitrogen and oxygen atoms in total. The highest BCUT2D eigenvalue weighted by atomic mass is 16.5. The number of hydrogen-bond donors (Lipinski definition) is 0. The van der Waals surface area contributed by atoms with Crippen LogP contribution >= 0.6 is 0 Å². The molecule has 0 unspecified atom stereocenters. The van der Waals surface area contributed by atoms with E-state index in [-0.39, 0.29) is 5.97 Å². The van der Waals surface area contributed by atoms with Gasteiger partial charge in [0.15, 0.2) is 0 Å². The molecule has 0 saturated carbocycles. The number of carbonyl (C=O) groups is 1. The van der Waals surface area contributed by atoms with E-state index < -0.39 is 0 Å². The molecule has 1 fully saturated rings. The van der Waals surface area contributed by atoms with E-state index in [1.54, 1.807) is 6.92 Å². The molecule has 3 rings (SSSR count). The monoisotopic (exact) mass is 326 g/mol. The van der Waals surface area contributed by atoms with Crippen molar-refractivity contribution in [3.8, 4) is 0 Å². The number of hydrogen-bond acceptors (Lipinski definition) is 6. The van der Waals surface area contributed by atoms with Gasteiger partial charge in [-0.3, -0.25) is 4.90 Å². The van der Waals surface area contributed by atoms with E-state index in [0.29, 0.717) is 18.1 Å². The van der Waals surface area contributed by atoms with Crippen LogP contribution in [0.4, 0.5) is 5.95 Å². The molecule has 1 aromatic heterocycles. The third kappa shape index (κ3) is 4.08. The van der Waals surface area contributed by atoms with Crippen molar-refractivity contribution in [2.24, 2.45) is 0 Å². The summed E-state index contributed by atoms with van der Waals surface area (Å²) in [7, 11) is 0. The molecule has 24 heavy (non-hydrogen) atoms. The van der Waals surface area contributed by atoms with Crippen LogP contribution in [0, 0.1) is 0 Å². The first kappa shape index (κ1) is 16.4. The van der Waals surface area contributed by atoms with Crippen molar-refractivity contribution in [2.45, 2.75) is 13.5 Å². The first-order chi connectivity index (χ1) is 11.8. The lowest BCUT2D eigenvalue weighted by atomic mass is 10.2. The first-order valence-electron chi connectivity index (χ1n) is 8.26. The van der Waals surface area contributed by atoms with Gasteiger partial charge in [0.05, 0.1) is 12.2 Å². The minimum atomic E-state index is -0.378. The van der Waals surface area contributed by atoms with Crippen LogP contribution in [0.3, 0.4) is 0 Å². The molecule has 0 amide bonds. The van der Waals surface area contributed by atoms with Gasteiger partial charge < -0.3 is 9.64 Å². The van der Waals surface area contributed by atoms with Crippen molar-refractivity contribution in [1.29, 1.82) is 0 Å². The summed E-state index contributed by atoms with van der Waals surface area (Å²) in [5.41, 5.74) is 1.73. The van der Waals surface area contributed by atoms with Crippen LogP contribution in [0.1, 0.15) is 22.8 Å². The fraction of sp³-hybridized carbons (Fsp3) is 0.389. The van der Waals surface area contributed by atoms with E-state index in [0.717, 1.165) is 32.7 Å². The van der Waals surface area contributed by atoms with E-state index >= 15 is 0 Å². The molecule has 1 aliphatic rings. The van der Waals surface area contributed by atoms with Crippen LogP contribution in [0.2, 0.25) is 0 Å². The summed E-state index contributed by atoms with van der Waals surface area (Å²) in [6.45, 7) is 6.80. The van der Waals surface area contributed by atoms with E-state index in [1.165, 1.54) is 18.0 Å². The van der Waals surface area contributed by atoms with Gasteiger partial charge >= 0.3 is 5.97 Å². The zero-order valence-electron chi connectivity index (χ0n) is 13.9. The van der Waals surface area contributed by atoms with Gasteiger partial charge in [0.25, 0.3) is 0 Å². The van der Waals surface area contributed by atoms with Gasteiger partial charge in [-0.2, -0.15) is 0 Å². The largest absolute Gasteiger partial charge is 0.462 e. The van der Waals surface area contributed by atoms with Gasteiger partial charge in [-0.25, -0.2) is 14.8 Å². The number of rotatable bonds is 5. The minimum absolute atomic E-state index is 0.351. The molecule has 1 saturated heterocycles. The highest BCUT2D eigenvalue weighted by molar-refractivity contribution is 5.88. The van der Waals surface area contributed by atoms with Gasteiger partial charge in [0, 0.05) is 45.1 Å². The Hall–Kier alpha value is -2.47. The summed E-state index contributed by atoms with van der Waals surface area (Å²) in [5.74, 6) is 0.291. The Bertz CT molecular complexity index is 652. The summed E-state index contributed by atoms with van der Waals surface area (Å²) >= 11 is 0. The van der Waals surface area contributed by atoms with Crippen LogP contribution < -0.4 is 4.90 Å². The molecule has 0 aliphatic carbocycles. The molecule has 0 atom stereocenters. The topological polar surface area (TPSA) is 58.6 Å². The van der Waals surface area contributed by atoms with E-state index in [2.05, 4.69) is 44.0 Å². The fourth-order valence-electron chi connectivity index (χ4n) is 2.75. The van der Waals surface area contributed by atoms with Crippen molar-refractivity contribution in [2.75, 3.05) is 37.7 Å². The molecular weight excluding hydrogens is 304 g/mol. The molecule has 2 heterocycles. The highest BCUT2D eigenvalue weighted by Crippen LogP contribution is 2.13. The number of esters is 1. The van der Waals surface area contributed by atoms with Crippen LogP contribution in [0.5, 0.6) is 0 Å². The number of benzene rings is 1. The number of aromatic nitrogens is 2. The van der Waals surface area contributed by atoms with Crippen molar-refractivity contribution in [3.63, 3.8) is 0 Å². The quantitative estimate of drug-likeness (QED) is 0.783. The molecule has 0 spiro atoms. The Morgan fingerprint density at radius 2 is 1.75 bits per heavy atom. The van der Waals surface area contributed by atoms with Gasteiger partial charge in [-0.1, -0.05) is 30.3 Å². The average Bonchev–Trinajstić information content (AvgIpc) is 2.64. The van der Waals surface area contributed by atoms with Crippen LogP contribution in [0.25, 0.3) is 0 Å². The third-order valence-electron chi connectivity index (χ3n) is 4.05. The summed E-state index contributed by atoms with van der Waals surface area (Å²) in [6.07, 6.45) is 3.08. The molecular formula is C18H22N4O2. The molecule has 6 heteroatoms. The smallest absolute Gasteiger partial charge is 0.341 e. The first-order valence-corrected chi connectivity index (χ1v) is 8.26. The molecule has 1 aromatic carbocycles. The number of carbonyl (C=O) groups excluding carboxylic acids is 1. The van der Waals surface area contributed by atoms with Crippen LogP contribution in [-0.2, 0) is 11.3 Å². The standard InChI is InChI=1S/C18H22N4O2/c1-2-24-17(23)16-12-19-18(20-13-16)22-10-8-21(9-11-22)14-15-6-4-3-5-7-15/h3-7,12-13H,2,8-11,14H2,1H3. The molecule has 2 aromatic rings. The Morgan fingerprint density at radius 1 is 1.08 bits per heavy atom. The van der Waals surface area contributed by atoms with Crippen molar-refractivity contribution >= 4 is 11.9 Å². The summed E-state index contributed by atoms with van der Waals surface area (Å²) < 4.78 is 4.94. The molecule has 0 radical (unpaired) electrons. The van der Waals surface area contributed by atoms with Gasteiger partial charge in [0.2, 0.25) is 5.95 Å². The van der Waals surface area contributed by atoms with Gasteiger partial charge in [-0.05, 0) is 12.5 Å². The maximum atomic E-state index is 11.6. The van der Waals surface area contributed by atoms with Crippen molar-refractivity contribution in [1.82, 2.24) is 14.9 Å². The Kier molecular flexibility index (Phi) is 5.38. The highest BCUT2D eigenvalue weighted by Gasteiger charge is 2.19.